The lowest BCUT2D eigenvalue weighted by molar-refractivity contribution is 0.0545. The third kappa shape index (κ3) is 2.93. The first-order valence-electron chi connectivity index (χ1n) is 5.10. The van der Waals surface area contributed by atoms with E-state index in [2.05, 4.69) is 0 Å². The van der Waals surface area contributed by atoms with Crippen LogP contribution in [0.1, 0.15) is 18.6 Å². The topological polar surface area (TPSA) is 38.7 Å². The van der Waals surface area contributed by atoms with E-state index in [-0.39, 0.29) is 11.5 Å². The van der Waals surface area contributed by atoms with Crippen LogP contribution < -0.4 is 4.74 Å². The highest BCUT2D eigenvalue weighted by Gasteiger charge is 2.19. The smallest absolute Gasteiger partial charge is 0.132 e. The molecule has 2 unspecified atom stereocenters. The van der Waals surface area contributed by atoms with Crippen molar-refractivity contribution < 1.29 is 19.0 Å². The van der Waals surface area contributed by atoms with Gasteiger partial charge in [-0.15, -0.1) is 0 Å². The molecule has 0 aliphatic rings. The van der Waals surface area contributed by atoms with E-state index in [1.165, 1.54) is 19.2 Å². The van der Waals surface area contributed by atoms with Crippen molar-refractivity contribution in [2.75, 3.05) is 20.8 Å². The van der Waals surface area contributed by atoms with Crippen LogP contribution in [0.5, 0.6) is 5.75 Å². The number of aliphatic hydroxyl groups is 1. The number of aliphatic hydroxyl groups excluding tert-OH is 1. The predicted molar refractivity (Wildman–Crippen MR) is 59.0 cm³/mol. The number of halogens is 1. The summed E-state index contributed by atoms with van der Waals surface area (Å²) in [5.74, 6) is -0.185. The Morgan fingerprint density at radius 2 is 2.06 bits per heavy atom. The lowest BCUT2D eigenvalue weighted by Gasteiger charge is -2.19. The molecule has 0 fully saturated rings. The number of benzene rings is 1. The van der Waals surface area contributed by atoms with Gasteiger partial charge in [0.1, 0.15) is 11.6 Å². The van der Waals surface area contributed by atoms with Gasteiger partial charge in [-0.25, -0.2) is 4.39 Å². The molecule has 0 spiro atoms. The Balaban J connectivity index is 2.87. The molecule has 0 bridgehead atoms. The molecule has 0 amide bonds. The highest BCUT2D eigenvalue weighted by atomic mass is 19.1. The molecule has 0 heterocycles. The molecule has 3 nitrogen and oxygen atoms in total. The first kappa shape index (κ1) is 12.9. The van der Waals surface area contributed by atoms with E-state index >= 15 is 0 Å². The summed E-state index contributed by atoms with van der Waals surface area (Å²) >= 11 is 0. The molecule has 1 aromatic carbocycles. The molecule has 0 aliphatic heterocycles. The third-order valence-corrected chi connectivity index (χ3v) is 2.49. The maximum atomic E-state index is 13.6. The van der Waals surface area contributed by atoms with Crippen LogP contribution in [0.3, 0.4) is 0 Å². The quantitative estimate of drug-likeness (QED) is 0.839. The van der Waals surface area contributed by atoms with E-state index in [1.54, 1.807) is 20.1 Å². The van der Waals surface area contributed by atoms with Gasteiger partial charge in [0.15, 0.2) is 0 Å². The van der Waals surface area contributed by atoms with Crippen LogP contribution in [0.15, 0.2) is 18.2 Å². The van der Waals surface area contributed by atoms with Crippen molar-refractivity contribution in [1.82, 2.24) is 0 Å². The van der Waals surface area contributed by atoms with Gasteiger partial charge in [-0.05, 0) is 12.1 Å². The lowest BCUT2D eigenvalue weighted by atomic mass is 9.97. The standard InChI is InChI=1S/C12H17FO3/c1-8(7-15-2)12(14)10-5-4-9(16-3)6-11(10)13/h4-6,8,12,14H,7H2,1-3H3. The number of ether oxygens (including phenoxy) is 2. The van der Waals surface area contributed by atoms with E-state index < -0.39 is 11.9 Å². The van der Waals surface area contributed by atoms with Crippen LogP contribution in [-0.2, 0) is 4.74 Å². The molecule has 0 saturated heterocycles. The van der Waals surface area contributed by atoms with Crippen LogP contribution in [0.4, 0.5) is 4.39 Å². The van der Waals surface area contributed by atoms with Crippen LogP contribution in [0, 0.1) is 11.7 Å². The molecule has 0 radical (unpaired) electrons. The summed E-state index contributed by atoms with van der Waals surface area (Å²) in [4.78, 5) is 0. The predicted octanol–water partition coefficient (Wildman–Crippen LogP) is 2.15. The van der Waals surface area contributed by atoms with Gasteiger partial charge in [0.2, 0.25) is 0 Å². The van der Waals surface area contributed by atoms with Gasteiger partial charge in [0, 0.05) is 24.7 Å². The van der Waals surface area contributed by atoms with Crippen molar-refractivity contribution in [2.24, 2.45) is 5.92 Å². The van der Waals surface area contributed by atoms with Gasteiger partial charge in [-0.3, -0.25) is 0 Å². The van der Waals surface area contributed by atoms with Gasteiger partial charge in [0.25, 0.3) is 0 Å². The number of hydrogen-bond donors (Lipinski definition) is 1. The number of methoxy groups -OCH3 is 2. The van der Waals surface area contributed by atoms with Gasteiger partial charge in [0.05, 0.1) is 19.8 Å². The Hall–Kier alpha value is -1.13. The Kier molecular flexibility index (Phi) is 4.71. The monoisotopic (exact) mass is 228 g/mol. The molecule has 1 rings (SSSR count). The summed E-state index contributed by atoms with van der Waals surface area (Å²) < 4.78 is 23.4. The molecular weight excluding hydrogens is 211 g/mol. The number of hydrogen-bond acceptors (Lipinski definition) is 3. The molecule has 0 saturated carbocycles. The first-order valence-corrected chi connectivity index (χ1v) is 5.10. The molecule has 90 valence electrons. The maximum Gasteiger partial charge on any atom is 0.132 e. The summed E-state index contributed by atoms with van der Waals surface area (Å²) in [6, 6.07) is 4.42. The average Bonchev–Trinajstić information content (AvgIpc) is 2.28. The van der Waals surface area contributed by atoms with E-state index in [0.29, 0.717) is 12.4 Å². The second-order valence-electron chi connectivity index (χ2n) is 3.76. The summed E-state index contributed by atoms with van der Waals surface area (Å²) in [7, 11) is 3.02. The Morgan fingerprint density at radius 3 is 2.56 bits per heavy atom. The fourth-order valence-electron chi connectivity index (χ4n) is 1.54. The molecule has 1 aromatic rings. The highest BCUT2D eigenvalue weighted by Crippen LogP contribution is 2.26. The molecule has 4 heteroatoms. The third-order valence-electron chi connectivity index (χ3n) is 2.49. The Morgan fingerprint density at radius 1 is 1.38 bits per heavy atom. The van der Waals surface area contributed by atoms with Crippen LogP contribution in [0.25, 0.3) is 0 Å². The molecular formula is C12H17FO3. The van der Waals surface area contributed by atoms with E-state index in [4.69, 9.17) is 9.47 Å². The molecule has 1 N–H and O–H groups in total. The molecule has 2 atom stereocenters. The maximum absolute atomic E-state index is 13.6. The Bertz CT molecular complexity index is 341. The van der Waals surface area contributed by atoms with Crippen LogP contribution in [-0.4, -0.2) is 25.9 Å². The second-order valence-corrected chi connectivity index (χ2v) is 3.76. The average molecular weight is 228 g/mol. The minimum Gasteiger partial charge on any atom is -0.497 e. The van der Waals surface area contributed by atoms with Crippen LogP contribution >= 0.6 is 0 Å². The second kappa shape index (κ2) is 5.82. The fraction of sp³-hybridized carbons (Fsp3) is 0.500. The lowest BCUT2D eigenvalue weighted by Crippen LogP contribution is -2.15. The largest absolute Gasteiger partial charge is 0.497 e. The van der Waals surface area contributed by atoms with E-state index in [9.17, 15) is 9.50 Å². The zero-order chi connectivity index (χ0) is 12.1. The van der Waals surface area contributed by atoms with Gasteiger partial charge >= 0.3 is 0 Å². The van der Waals surface area contributed by atoms with Gasteiger partial charge < -0.3 is 14.6 Å². The van der Waals surface area contributed by atoms with Crippen LogP contribution in [0.2, 0.25) is 0 Å². The highest BCUT2D eigenvalue weighted by molar-refractivity contribution is 5.30. The van der Waals surface area contributed by atoms with Crippen molar-refractivity contribution >= 4 is 0 Å². The summed E-state index contributed by atoms with van der Waals surface area (Å²) in [5, 5.41) is 9.90. The summed E-state index contributed by atoms with van der Waals surface area (Å²) in [5.41, 5.74) is 0.269. The molecule has 0 aliphatic carbocycles. The normalized spacial score (nSPS) is 14.6. The minimum absolute atomic E-state index is 0.159. The van der Waals surface area contributed by atoms with E-state index in [1.807, 2.05) is 0 Å². The minimum atomic E-state index is -0.870. The molecule has 16 heavy (non-hydrogen) atoms. The zero-order valence-electron chi connectivity index (χ0n) is 9.74. The summed E-state index contributed by atoms with van der Waals surface area (Å²) in [6.45, 7) is 2.18. The first-order chi connectivity index (χ1) is 7.60. The number of rotatable bonds is 5. The van der Waals surface area contributed by atoms with Crippen molar-refractivity contribution in [3.05, 3.63) is 29.6 Å². The van der Waals surface area contributed by atoms with Crippen molar-refractivity contribution in [1.29, 1.82) is 0 Å². The summed E-state index contributed by atoms with van der Waals surface area (Å²) in [6.07, 6.45) is -0.870. The Labute approximate surface area is 94.8 Å². The van der Waals surface area contributed by atoms with E-state index in [0.717, 1.165) is 0 Å². The van der Waals surface area contributed by atoms with Gasteiger partial charge in [-0.1, -0.05) is 6.92 Å². The van der Waals surface area contributed by atoms with Crippen molar-refractivity contribution in [3.63, 3.8) is 0 Å². The van der Waals surface area contributed by atoms with Crippen molar-refractivity contribution in [3.8, 4) is 5.75 Å². The van der Waals surface area contributed by atoms with Crippen molar-refractivity contribution in [2.45, 2.75) is 13.0 Å². The SMILES string of the molecule is COCC(C)C(O)c1ccc(OC)cc1F. The fourth-order valence-corrected chi connectivity index (χ4v) is 1.54. The van der Waals surface area contributed by atoms with Gasteiger partial charge in [-0.2, -0.15) is 0 Å². The molecule has 0 aromatic heterocycles. The zero-order valence-corrected chi connectivity index (χ0v) is 9.74.